The number of hydrogen-bond acceptors (Lipinski definition) is 6. The van der Waals surface area contributed by atoms with Gasteiger partial charge in [-0.05, 0) is 36.0 Å². The van der Waals surface area contributed by atoms with Crippen LogP contribution in [0.25, 0.3) is 0 Å². The van der Waals surface area contributed by atoms with Crippen molar-refractivity contribution in [1.29, 1.82) is 0 Å². The summed E-state index contributed by atoms with van der Waals surface area (Å²) in [5.41, 5.74) is 0.963. The molecule has 144 valence electrons. The SMILES string of the molecule is CCCC(C)(C)CC1NCC(c2cc(OC)c3c(c2)OCO3)C1C(=O)[O-]. The molecular weight excluding hydrogens is 334 g/mol. The molecule has 1 aromatic carbocycles. The van der Waals surface area contributed by atoms with Crippen molar-refractivity contribution in [2.75, 3.05) is 20.4 Å². The predicted molar refractivity (Wildman–Crippen MR) is 95.5 cm³/mol. The lowest BCUT2D eigenvalue weighted by molar-refractivity contribution is -0.312. The number of hydrogen-bond donors (Lipinski definition) is 1. The maximum Gasteiger partial charge on any atom is 0.231 e. The average Bonchev–Trinajstić information content (AvgIpc) is 3.19. The van der Waals surface area contributed by atoms with E-state index in [9.17, 15) is 9.90 Å². The van der Waals surface area contributed by atoms with Crippen LogP contribution in [0.15, 0.2) is 12.1 Å². The third-order valence-corrected chi connectivity index (χ3v) is 5.55. The summed E-state index contributed by atoms with van der Waals surface area (Å²) in [7, 11) is 1.57. The summed E-state index contributed by atoms with van der Waals surface area (Å²) in [4.78, 5) is 12.0. The summed E-state index contributed by atoms with van der Waals surface area (Å²) in [6.45, 7) is 7.29. The van der Waals surface area contributed by atoms with Gasteiger partial charge in [-0.1, -0.05) is 27.2 Å². The Morgan fingerprint density at radius 3 is 2.81 bits per heavy atom. The molecule has 3 atom stereocenters. The molecule has 6 heteroatoms. The van der Waals surface area contributed by atoms with E-state index < -0.39 is 11.9 Å². The molecule has 26 heavy (non-hydrogen) atoms. The van der Waals surface area contributed by atoms with Crippen molar-refractivity contribution in [2.24, 2.45) is 11.3 Å². The Kier molecular flexibility index (Phi) is 5.32. The van der Waals surface area contributed by atoms with Gasteiger partial charge in [0.15, 0.2) is 11.5 Å². The average molecular weight is 362 g/mol. The normalized spacial score (nSPS) is 24.7. The molecule has 2 aliphatic heterocycles. The molecule has 0 aromatic heterocycles. The molecule has 2 aliphatic rings. The van der Waals surface area contributed by atoms with Gasteiger partial charge in [0.25, 0.3) is 0 Å². The van der Waals surface area contributed by atoms with Crippen LogP contribution in [-0.2, 0) is 4.79 Å². The van der Waals surface area contributed by atoms with Crippen LogP contribution >= 0.6 is 0 Å². The Morgan fingerprint density at radius 2 is 2.15 bits per heavy atom. The van der Waals surface area contributed by atoms with E-state index in [1.165, 1.54) is 0 Å². The Morgan fingerprint density at radius 1 is 1.38 bits per heavy atom. The van der Waals surface area contributed by atoms with Crippen LogP contribution in [-0.4, -0.2) is 32.5 Å². The quantitative estimate of drug-likeness (QED) is 0.800. The van der Waals surface area contributed by atoms with Crippen LogP contribution in [0.4, 0.5) is 0 Å². The molecule has 0 radical (unpaired) electrons. The van der Waals surface area contributed by atoms with Crippen LogP contribution in [0.2, 0.25) is 0 Å². The first-order valence-electron chi connectivity index (χ1n) is 9.28. The van der Waals surface area contributed by atoms with Crippen molar-refractivity contribution in [3.8, 4) is 17.2 Å². The van der Waals surface area contributed by atoms with Crippen molar-refractivity contribution >= 4 is 5.97 Å². The molecule has 1 aromatic rings. The number of carboxylic acids is 1. The molecular formula is C20H28NO5-. The zero-order valence-electron chi connectivity index (χ0n) is 16.0. The number of methoxy groups -OCH3 is 1. The third-order valence-electron chi connectivity index (χ3n) is 5.55. The highest BCUT2D eigenvalue weighted by atomic mass is 16.7. The molecule has 0 amide bonds. The molecule has 1 fully saturated rings. The standard InChI is InChI=1S/C20H29NO5/c1-5-6-20(2,3)9-14-17(19(22)23)13(10-21-14)12-7-15(24-4)18-16(8-12)25-11-26-18/h7-8,13-14,17,21H,5-6,9-11H2,1-4H3,(H,22,23)/p-1. The molecule has 3 unspecified atom stereocenters. The van der Waals surface area contributed by atoms with Crippen molar-refractivity contribution in [3.05, 3.63) is 17.7 Å². The number of fused-ring (bicyclic) bond motifs is 1. The van der Waals surface area contributed by atoms with E-state index in [4.69, 9.17) is 14.2 Å². The highest BCUT2D eigenvalue weighted by Crippen LogP contribution is 2.46. The molecule has 2 heterocycles. The largest absolute Gasteiger partial charge is 0.550 e. The molecule has 6 nitrogen and oxygen atoms in total. The van der Waals surface area contributed by atoms with Gasteiger partial charge in [0.05, 0.1) is 7.11 Å². The highest BCUT2D eigenvalue weighted by molar-refractivity contribution is 5.71. The Labute approximate surface area is 154 Å². The fourth-order valence-electron chi connectivity index (χ4n) is 4.40. The minimum absolute atomic E-state index is 0.0849. The van der Waals surface area contributed by atoms with Crippen molar-refractivity contribution in [1.82, 2.24) is 5.32 Å². The molecule has 0 aliphatic carbocycles. The summed E-state index contributed by atoms with van der Waals surface area (Å²) in [6.07, 6.45) is 2.95. The summed E-state index contributed by atoms with van der Waals surface area (Å²) < 4.78 is 16.3. The number of nitrogens with one attached hydrogen (secondary N) is 1. The second kappa shape index (κ2) is 7.35. The first-order valence-corrected chi connectivity index (χ1v) is 9.28. The van der Waals surface area contributed by atoms with Gasteiger partial charge in [0.2, 0.25) is 12.5 Å². The van der Waals surface area contributed by atoms with Gasteiger partial charge < -0.3 is 29.4 Å². The Hall–Kier alpha value is -1.95. The fourth-order valence-corrected chi connectivity index (χ4v) is 4.40. The lowest BCUT2D eigenvalue weighted by atomic mass is 9.76. The third kappa shape index (κ3) is 3.61. The summed E-state index contributed by atoms with van der Waals surface area (Å²) in [6, 6.07) is 3.62. The van der Waals surface area contributed by atoms with Crippen LogP contribution < -0.4 is 24.6 Å². The van der Waals surface area contributed by atoms with Gasteiger partial charge >= 0.3 is 0 Å². The second-order valence-electron chi connectivity index (χ2n) is 8.04. The minimum Gasteiger partial charge on any atom is -0.550 e. The van der Waals surface area contributed by atoms with Crippen molar-refractivity contribution < 1.29 is 24.1 Å². The maximum absolute atomic E-state index is 12.0. The smallest absolute Gasteiger partial charge is 0.231 e. The zero-order chi connectivity index (χ0) is 18.9. The first-order chi connectivity index (χ1) is 12.4. The van der Waals surface area contributed by atoms with E-state index in [1.807, 2.05) is 12.1 Å². The second-order valence-corrected chi connectivity index (χ2v) is 8.04. The van der Waals surface area contributed by atoms with Gasteiger partial charge in [-0.3, -0.25) is 0 Å². The van der Waals surface area contributed by atoms with Gasteiger partial charge in [-0.2, -0.15) is 0 Å². The topological polar surface area (TPSA) is 79.8 Å². The maximum atomic E-state index is 12.0. The molecule has 1 saturated heterocycles. The Balaban J connectivity index is 1.87. The van der Waals surface area contributed by atoms with Gasteiger partial charge in [0, 0.05) is 30.4 Å². The minimum atomic E-state index is -1.01. The monoisotopic (exact) mass is 362 g/mol. The van der Waals surface area contributed by atoms with Gasteiger partial charge in [0.1, 0.15) is 0 Å². The van der Waals surface area contributed by atoms with E-state index in [1.54, 1.807) is 7.11 Å². The number of ether oxygens (including phenoxy) is 3. The molecule has 3 rings (SSSR count). The number of carbonyl (C=O) groups is 1. The van der Waals surface area contributed by atoms with Crippen molar-refractivity contribution in [3.63, 3.8) is 0 Å². The summed E-state index contributed by atoms with van der Waals surface area (Å²) in [5.74, 6) is -0.0307. The molecule has 1 N–H and O–H groups in total. The molecule has 0 saturated carbocycles. The zero-order valence-corrected chi connectivity index (χ0v) is 16.0. The Bertz CT molecular complexity index is 672. The lowest BCUT2D eigenvalue weighted by Gasteiger charge is -2.32. The van der Waals surface area contributed by atoms with Gasteiger partial charge in [-0.15, -0.1) is 0 Å². The van der Waals surface area contributed by atoms with E-state index >= 15 is 0 Å². The molecule has 0 spiro atoms. The molecule has 0 bridgehead atoms. The van der Waals surface area contributed by atoms with Crippen molar-refractivity contribution in [2.45, 2.75) is 52.0 Å². The summed E-state index contributed by atoms with van der Waals surface area (Å²) in [5, 5.41) is 15.4. The number of carbonyl (C=O) groups excluding carboxylic acids is 1. The number of carboxylic acid groups (broad SMARTS) is 1. The van der Waals surface area contributed by atoms with E-state index in [0.29, 0.717) is 23.8 Å². The first kappa shape index (κ1) is 18.8. The van der Waals surface area contributed by atoms with Crippen LogP contribution in [0, 0.1) is 11.3 Å². The highest BCUT2D eigenvalue weighted by Gasteiger charge is 2.40. The van der Waals surface area contributed by atoms with E-state index in [2.05, 4.69) is 26.1 Å². The lowest BCUT2D eigenvalue weighted by Crippen LogP contribution is -2.42. The van der Waals surface area contributed by atoms with Crippen LogP contribution in [0.3, 0.4) is 0 Å². The number of aliphatic carboxylic acids is 1. The fraction of sp³-hybridized carbons (Fsp3) is 0.650. The van der Waals surface area contributed by atoms with E-state index in [0.717, 1.165) is 24.8 Å². The van der Waals surface area contributed by atoms with Crippen LogP contribution in [0.5, 0.6) is 17.2 Å². The predicted octanol–water partition coefficient (Wildman–Crippen LogP) is 2.06. The van der Waals surface area contributed by atoms with E-state index in [-0.39, 0.29) is 24.2 Å². The number of benzene rings is 1. The van der Waals surface area contributed by atoms with Crippen LogP contribution in [0.1, 0.15) is 51.5 Å². The summed E-state index contributed by atoms with van der Waals surface area (Å²) >= 11 is 0. The van der Waals surface area contributed by atoms with Gasteiger partial charge in [-0.25, -0.2) is 0 Å². The number of rotatable bonds is 7.